The van der Waals surface area contributed by atoms with Crippen molar-refractivity contribution in [2.24, 2.45) is 0 Å². The van der Waals surface area contributed by atoms with E-state index < -0.39 is 0 Å². The predicted octanol–water partition coefficient (Wildman–Crippen LogP) is 3.56. The summed E-state index contributed by atoms with van der Waals surface area (Å²) in [5.74, 6) is 1.73. The van der Waals surface area contributed by atoms with Crippen LogP contribution in [0.5, 0.6) is 5.75 Å². The van der Waals surface area contributed by atoms with Gasteiger partial charge in [0.2, 0.25) is 0 Å². The minimum absolute atomic E-state index is 0.713. The minimum Gasteiger partial charge on any atom is -0.497 e. The van der Waals surface area contributed by atoms with Crippen molar-refractivity contribution < 1.29 is 4.74 Å². The van der Waals surface area contributed by atoms with Crippen molar-refractivity contribution in [1.29, 1.82) is 0 Å². The van der Waals surface area contributed by atoms with Crippen molar-refractivity contribution in [3.8, 4) is 5.75 Å². The molecule has 0 aliphatic carbocycles. The maximum atomic E-state index is 5.16. The Morgan fingerprint density at radius 3 is 2.62 bits per heavy atom. The van der Waals surface area contributed by atoms with E-state index >= 15 is 0 Å². The van der Waals surface area contributed by atoms with Crippen molar-refractivity contribution in [1.82, 2.24) is 9.97 Å². The number of fused-ring (bicyclic) bond motifs is 1. The number of hydrogen-bond donors (Lipinski definition) is 1. The molecule has 0 aliphatic heterocycles. The molecule has 3 rings (SSSR count). The molecule has 2 aromatic carbocycles. The number of rotatable bonds is 4. The van der Waals surface area contributed by atoms with Gasteiger partial charge in [-0.05, 0) is 36.2 Å². The molecule has 0 saturated heterocycles. The molecule has 4 nitrogen and oxygen atoms in total. The molecule has 1 aromatic heterocycles. The number of aromatic nitrogens is 2. The van der Waals surface area contributed by atoms with Gasteiger partial charge in [0.05, 0.1) is 12.6 Å². The van der Waals surface area contributed by atoms with E-state index in [1.54, 1.807) is 13.4 Å². The third-order valence-electron chi connectivity index (χ3n) is 3.49. The summed E-state index contributed by atoms with van der Waals surface area (Å²) in [6, 6.07) is 14.1. The van der Waals surface area contributed by atoms with Crippen LogP contribution in [0.4, 0.5) is 5.82 Å². The zero-order valence-electron chi connectivity index (χ0n) is 12.1. The van der Waals surface area contributed by atoms with Crippen LogP contribution >= 0.6 is 0 Å². The molecular weight excluding hydrogens is 262 g/mol. The van der Waals surface area contributed by atoms with E-state index in [-0.39, 0.29) is 0 Å². The second-order valence-electron chi connectivity index (χ2n) is 4.89. The van der Waals surface area contributed by atoms with Crippen LogP contribution in [0.25, 0.3) is 10.9 Å². The van der Waals surface area contributed by atoms with Crippen LogP contribution in [-0.4, -0.2) is 17.1 Å². The highest BCUT2D eigenvalue weighted by Gasteiger charge is 2.05. The standard InChI is InChI=1S/C17H17N3O/c1-12-4-3-5-15-16(12)17(20-11-19-15)18-10-13-6-8-14(21-2)9-7-13/h3-9,11H,10H2,1-2H3,(H,18,19,20). The molecule has 106 valence electrons. The molecule has 1 heterocycles. The Labute approximate surface area is 123 Å². The number of nitrogens with zero attached hydrogens (tertiary/aromatic N) is 2. The van der Waals surface area contributed by atoms with E-state index in [9.17, 15) is 0 Å². The van der Waals surface area contributed by atoms with Crippen LogP contribution in [0.2, 0.25) is 0 Å². The Bertz CT molecular complexity index is 748. The molecule has 0 bridgehead atoms. The van der Waals surface area contributed by atoms with Crippen molar-refractivity contribution in [3.63, 3.8) is 0 Å². The molecule has 3 aromatic rings. The van der Waals surface area contributed by atoms with Gasteiger partial charge in [-0.25, -0.2) is 9.97 Å². The molecule has 0 amide bonds. The molecule has 0 spiro atoms. The van der Waals surface area contributed by atoms with Gasteiger partial charge in [-0.15, -0.1) is 0 Å². The van der Waals surface area contributed by atoms with Crippen LogP contribution in [0, 0.1) is 6.92 Å². The normalized spacial score (nSPS) is 10.6. The fraction of sp³-hybridized carbons (Fsp3) is 0.176. The molecule has 0 atom stereocenters. The maximum absolute atomic E-state index is 5.16. The SMILES string of the molecule is COc1ccc(CNc2ncnc3cccc(C)c23)cc1. The van der Waals surface area contributed by atoms with Gasteiger partial charge in [-0.2, -0.15) is 0 Å². The Morgan fingerprint density at radius 2 is 1.86 bits per heavy atom. The number of aryl methyl sites for hydroxylation is 1. The zero-order chi connectivity index (χ0) is 14.7. The monoisotopic (exact) mass is 279 g/mol. The average Bonchev–Trinajstić information content (AvgIpc) is 2.53. The van der Waals surface area contributed by atoms with E-state index in [0.717, 1.165) is 22.5 Å². The fourth-order valence-corrected chi connectivity index (χ4v) is 2.34. The highest BCUT2D eigenvalue weighted by molar-refractivity contribution is 5.91. The summed E-state index contributed by atoms with van der Waals surface area (Å²) in [6.07, 6.45) is 1.60. The van der Waals surface area contributed by atoms with Gasteiger partial charge in [0, 0.05) is 11.9 Å². The Morgan fingerprint density at radius 1 is 1.05 bits per heavy atom. The summed E-state index contributed by atoms with van der Waals surface area (Å²) < 4.78 is 5.16. The van der Waals surface area contributed by atoms with Gasteiger partial charge in [0.25, 0.3) is 0 Å². The molecular formula is C17H17N3O. The van der Waals surface area contributed by atoms with Crippen LogP contribution in [0.15, 0.2) is 48.8 Å². The summed E-state index contributed by atoms with van der Waals surface area (Å²) in [4.78, 5) is 8.68. The highest BCUT2D eigenvalue weighted by Crippen LogP contribution is 2.23. The third-order valence-corrected chi connectivity index (χ3v) is 3.49. The van der Waals surface area contributed by atoms with Gasteiger partial charge in [0.1, 0.15) is 17.9 Å². The lowest BCUT2D eigenvalue weighted by Crippen LogP contribution is -2.03. The zero-order valence-corrected chi connectivity index (χ0v) is 12.1. The molecule has 0 radical (unpaired) electrons. The van der Waals surface area contributed by atoms with Crippen molar-refractivity contribution in [2.45, 2.75) is 13.5 Å². The summed E-state index contributed by atoms with van der Waals surface area (Å²) in [7, 11) is 1.67. The number of methoxy groups -OCH3 is 1. The average molecular weight is 279 g/mol. The van der Waals surface area contributed by atoms with E-state index in [0.29, 0.717) is 6.54 Å². The highest BCUT2D eigenvalue weighted by atomic mass is 16.5. The Hall–Kier alpha value is -2.62. The number of anilines is 1. The number of benzene rings is 2. The first kappa shape index (κ1) is 13.4. The van der Waals surface area contributed by atoms with Crippen molar-refractivity contribution in [3.05, 3.63) is 59.9 Å². The molecule has 0 unspecified atom stereocenters. The number of ether oxygens (including phenoxy) is 1. The first-order chi connectivity index (χ1) is 10.3. The van der Waals surface area contributed by atoms with E-state index in [4.69, 9.17) is 4.74 Å². The second kappa shape index (κ2) is 5.79. The summed E-state index contributed by atoms with van der Waals surface area (Å²) in [6.45, 7) is 2.79. The van der Waals surface area contributed by atoms with E-state index in [1.807, 2.05) is 36.4 Å². The van der Waals surface area contributed by atoms with E-state index in [1.165, 1.54) is 11.1 Å². The second-order valence-corrected chi connectivity index (χ2v) is 4.89. The first-order valence-electron chi connectivity index (χ1n) is 6.85. The van der Waals surface area contributed by atoms with Crippen molar-refractivity contribution >= 4 is 16.7 Å². The lowest BCUT2D eigenvalue weighted by molar-refractivity contribution is 0.414. The van der Waals surface area contributed by atoms with Crippen LogP contribution in [0.3, 0.4) is 0 Å². The number of hydrogen-bond acceptors (Lipinski definition) is 4. The van der Waals surface area contributed by atoms with Gasteiger partial charge in [-0.3, -0.25) is 0 Å². The van der Waals surface area contributed by atoms with Gasteiger partial charge in [-0.1, -0.05) is 24.3 Å². The number of nitrogens with one attached hydrogen (secondary N) is 1. The summed E-state index contributed by atoms with van der Waals surface area (Å²) in [5.41, 5.74) is 3.31. The fourth-order valence-electron chi connectivity index (χ4n) is 2.34. The van der Waals surface area contributed by atoms with Crippen LogP contribution in [-0.2, 0) is 6.54 Å². The quantitative estimate of drug-likeness (QED) is 0.793. The lowest BCUT2D eigenvalue weighted by atomic mass is 10.1. The molecule has 4 heteroatoms. The minimum atomic E-state index is 0.713. The van der Waals surface area contributed by atoms with Gasteiger partial charge < -0.3 is 10.1 Å². The largest absolute Gasteiger partial charge is 0.497 e. The Kier molecular flexibility index (Phi) is 3.69. The summed E-state index contributed by atoms with van der Waals surface area (Å²) >= 11 is 0. The van der Waals surface area contributed by atoms with Crippen molar-refractivity contribution in [2.75, 3.05) is 12.4 Å². The lowest BCUT2D eigenvalue weighted by Gasteiger charge is -2.10. The molecule has 0 fully saturated rings. The molecule has 21 heavy (non-hydrogen) atoms. The third kappa shape index (κ3) is 2.79. The predicted molar refractivity (Wildman–Crippen MR) is 84.6 cm³/mol. The molecule has 1 N–H and O–H groups in total. The first-order valence-corrected chi connectivity index (χ1v) is 6.85. The van der Waals surface area contributed by atoms with Gasteiger partial charge in [0.15, 0.2) is 0 Å². The van der Waals surface area contributed by atoms with Crippen LogP contribution < -0.4 is 10.1 Å². The molecule has 0 aliphatic rings. The topological polar surface area (TPSA) is 47.0 Å². The maximum Gasteiger partial charge on any atom is 0.137 e. The van der Waals surface area contributed by atoms with Gasteiger partial charge >= 0.3 is 0 Å². The molecule has 0 saturated carbocycles. The van der Waals surface area contributed by atoms with E-state index in [2.05, 4.69) is 28.3 Å². The summed E-state index contributed by atoms with van der Waals surface area (Å²) in [5, 5.41) is 4.47. The smallest absolute Gasteiger partial charge is 0.137 e. The van der Waals surface area contributed by atoms with Crippen LogP contribution in [0.1, 0.15) is 11.1 Å². The Balaban J connectivity index is 1.84.